The number of rotatable bonds is 9. The van der Waals surface area contributed by atoms with E-state index in [1.165, 1.54) is 6.07 Å². The van der Waals surface area contributed by atoms with E-state index in [0.717, 1.165) is 26.1 Å². The molecular weight excluding hydrogens is 346 g/mol. The summed E-state index contributed by atoms with van der Waals surface area (Å²) in [6.07, 6.45) is 0.764. The zero-order valence-electron chi connectivity index (χ0n) is 11.9. The average molecular weight is 368 g/mol. The zero-order chi connectivity index (χ0) is 15.2. The van der Waals surface area contributed by atoms with Crippen molar-refractivity contribution in [3.63, 3.8) is 0 Å². The second-order valence-corrected chi connectivity index (χ2v) is 6.79. The van der Waals surface area contributed by atoms with E-state index in [1.807, 2.05) is 0 Å². The van der Waals surface area contributed by atoms with E-state index in [2.05, 4.69) is 39.4 Å². The van der Waals surface area contributed by atoms with Crippen LogP contribution in [0.4, 0.5) is 0 Å². The number of nitrogens with two attached hydrogens (primary N) is 1. The molecule has 0 bridgehead atoms. The molecule has 1 heterocycles. The Balaban J connectivity index is 2.55. The molecular formula is C12H22BrN3O3S. The van der Waals surface area contributed by atoms with Gasteiger partial charge in [0.05, 0.1) is 6.54 Å². The van der Waals surface area contributed by atoms with E-state index in [1.54, 1.807) is 0 Å². The van der Waals surface area contributed by atoms with Gasteiger partial charge in [-0.25, -0.2) is 13.1 Å². The lowest BCUT2D eigenvalue weighted by atomic mass is 10.4. The minimum atomic E-state index is -3.56. The van der Waals surface area contributed by atoms with Crippen molar-refractivity contribution < 1.29 is 12.8 Å². The average Bonchev–Trinajstić information content (AvgIpc) is 2.81. The smallest absolute Gasteiger partial charge is 0.244 e. The van der Waals surface area contributed by atoms with Gasteiger partial charge in [-0.05, 0) is 42.0 Å². The maximum Gasteiger partial charge on any atom is 0.244 e. The van der Waals surface area contributed by atoms with Crippen LogP contribution in [0.1, 0.15) is 26.0 Å². The summed E-state index contributed by atoms with van der Waals surface area (Å²) >= 11 is 3.10. The van der Waals surface area contributed by atoms with Crippen LogP contribution in [0.15, 0.2) is 20.0 Å². The molecule has 1 aromatic heterocycles. The van der Waals surface area contributed by atoms with Crippen molar-refractivity contribution in [2.45, 2.75) is 31.7 Å². The third-order valence-corrected chi connectivity index (χ3v) is 5.35. The van der Waals surface area contributed by atoms with Gasteiger partial charge in [-0.1, -0.05) is 13.8 Å². The number of furan rings is 1. The first-order valence-corrected chi connectivity index (χ1v) is 8.92. The molecule has 0 fully saturated rings. The maximum absolute atomic E-state index is 12.1. The largest absolute Gasteiger partial charge is 0.452 e. The van der Waals surface area contributed by atoms with Crippen molar-refractivity contribution in [2.75, 3.05) is 26.2 Å². The molecule has 1 aromatic rings. The van der Waals surface area contributed by atoms with Gasteiger partial charge in [0.2, 0.25) is 10.0 Å². The molecule has 0 amide bonds. The first-order valence-electron chi connectivity index (χ1n) is 6.64. The minimum absolute atomic E-state index is 0.0980. The minimum Gasteiger partial charge on any atom is -0.452 e. The maximum atomic E-state index is 12.1. The Morgan fingerprint density at radius 2 is 2.05 bits per heavy atom. The van der Waals surface area contributed by atoms with Crippen LogP contribution in [0.25, 0.3) is 0 Å². The first-order chi connectivity index (χ1) is 9.44. The Kier molecular flexibility index (Phi) is 7.18. The summed E-state index contributed by atoms with van der Waals surface area (Å²) in [5.74, 6) is 0.431. The molecule has 0 radical (unpaired) electrons. The Labute approximate surface area is 128 Å². The number of hydrogen-bond donors (Lipinski definition) is 2. The van der Waals surface area contributed by atoms with Crippen molar-refractivity contribution in [3.8, 4) is 0 Å². The summed E-state index contributed by atoms with van der Waals surface area (Å²) in [7, 11) is -3.56. The molecule has 0 aromatic carbocycles. The van der Waals surface area contributed by atoms with Gasteiger partial charge in [-0.3, -0.25) is 0 Å². The third kappa shape index (κ3) is 4.85. The molecule has 0 aliphatic heterocycles. The van der Waals surface area contributed by atoms with Crippen LogP contribution in [-0.4, -0.2) is 39.5 Å². The fraction of sp³-hybridized carbons (Fsp3) is 0.667. The van der Waals surface area contributed by atoms with Crippen LogP contribution < -0.4 is 10.5 Å². The van der Waals surface area contributed by atoms with Gasteiger partial charge >= 0.3 is 0 Å². The van der Waals surface area contributed by atoms with Gasteiger partial charge in [-0.15, -0.1) is 0 Å². The van der Waals surface area contributed by atoms with E-state index >= 15 is 0 Å². The van der Waals surface area contributed by atoms with E-state index in [-0.39, 0.29) is 16.1 Å². The lowest BCUT2D eigenvalue weighted by Crippen LogP contribution is -2.30. The van der Waals surface area contributed by atoms with Gasteiger partial charge in [-0.2, -0.15) is 0 Å². The highest BCUT2D eigenvalue weighted by molar-refractivity contribution is 9.10. The van der Waals surface area contributed by atoms with Crippen LogP contribution in [0, 0.1) is 0 Å². The summed E-state index contributed by atoms with van der Waals surface area (Å²) < 4.78 is 32.2. The first kappa shape index (κ1) is 17.6. The highest BCUT2D eigenvalue weighted by Crippen LogP contribution is 2.25. The molecule has 0 spiro atoms. The molecule has 0 atom stereocenters. The SMILES string of the molecule is CCN(CC)CCCNS(=O)(=O)c1cc(CN)oc1Br. The zero-order valence-corrected chi connectivity index (χ0v) is 14.3. The van der Waals surface area contributed by atoms with Crippen LogP contribution >= 0.6 is 15.9 Å². The molecule has 20 heavy (non-hydrogen) atoms. The van der Waals surface area contributed by atoms with Crippen molar-refractivity contribution in [1.29, 1.82) is 0 Å². The van der Waals surface area contributed by atoms with E-state index in [0.29, 0.717) is 12.3 Å². The summed E-state index contributed by atoms with van der Waals surface area (Å²) in [5, 5.41) is 0. The van der Waals surface area contributed by atoms with E-state index < -0.39 is 10.0 Å². The Hall–Kier alpha value is -0.410. The van der Waals surface area contributed by atoms with Crippen molar-refractivity contribution in [3.05, 3.63) is 16.5 Å². The van der Waals surface area contributed by atoms with E-state index in [9.17, 15) is 8.42 Å². The molecule has 0 aliphatic carbocycles. The second kappa shape index (κ2) is 8.14. The Bertz CT molecular complexity index is 512. The summed E-state index contributed by atoms with van der Waals surface area (Å²) in [5.41, 5.74) is 5.43. The summed E-state index contributed by atoms with van der Waals surface area (Å²) in [4.78, 5) is 2.34. The van der Waals surface area contributed by atoms with Crippen molar-refractivity contribution >= 4 is 26.0 Å². The molecule has 6 nitrogen and oxygen atoms in total. The quantitative estimate of drug-likeness (QED) is 0.645. The standard InChI is InChI=1S/C12H22BrN3O3S/c1-3-16(4-2)7-5-6-15-20(17,18)11-8-10(9-14)19-12(11)13/h8,15H,3-7,9,14H2,1-2H3. The normalized spacial score (nSPS) is 12.2. The lowest BCUT2D eigenvalue weighted by molar-refractivity contribution is 0.300. The van der Waals surface area contributed by atoms with Gasteiger partial charge < -0.3 is 15.1 Å². The topological polar surface area (TPSA) is 88.6 Å². The molecule has 0 saturated carbocycles. The van der Waals surface area contributed by atoms with Crippen molar-refractivity contribution in [1.82, 2.24) is 9.62 Å². The summed E-state index contributed by atoms with van der Waals surface area (Å²) in [6.45, 7) is 7.54. The number of nitrogens with one attached hydrogen (secondary N) is 1. The Morgan fingerprint density at radius 3 is 2.55 bits per heavy atom. The second-order valence-electron chi connectivity index (χ2n) is 4.33. The number of halogens is 1. The monoisotopic (exact) mass is 367 g/mol. The molecule has 0 unspecified atom stereocenters. The van der Waals surface area contributed by atoms with Gasteiger partial charge in [0, 0.05) is 12.6 Å². The Morgan fingerprint density at radius 1 is 1.40 bits per heavy atom. The highest BCUT2D eigenvalue weighted by Gasteiger charge is 2.21. The molecule has 1 rings (SSSR count). The third-order valence-electron chi connectivity index (χ3n) is 3.03. The van der Waals surface area contributed by atoms with Crippen LogP contribution in [0.3, 0.4) is 0 Å². The highest BCUT2D eigenvalue weighted by atomic mass is 79.9. The van der Waals surface area contributed by atoms with Crippen molar-refractivity contribution in [2.24, 2.45) is 5.73 Å². The number of hydrogen-bond acceptors (Lipinski definition) is 5. The fourth-order valence-corrected chi connectivity index (χ4v) is 3.88. The summed E-state index contributed by atoms with van der Waals surface area (Å²) in [6, 6.07) is 1.44. The van der Waals surface area contributed by atoms with Gasteiger partial charge in [0.25, 0.3) is 0 Å². The van der Waals surface area contributed by atoms with Gasteiger partial charge in [0.15, 0.2) is 4.67 Å². The number of nitrogens with zero attached hydrogens (tertiary/aromatic N) is 1. The lowest BCUT2D eigenvalue weighted by Gasteiger charge is -2.17. The molecule has 8 heteroatoms. The molecule has 0 aliphatic rings. The predicted molar refractivity (Wildman–Crippen MR) is 81.9 cm³/mol. The molecule has 0 saturated heterocycles. The van der Waals surface area contributed by atoms with Crippen LogP contribution in [0.2, 0.25) is 0 Å². The van der Waals surface area contributed by atoms with Gasteiger partial charge in [0.1, 0.15) is 10.7 Å². The molecule has 116 valence electrons. The predicted octanol–water partition coefficient (Wildman–Crippen LogP) is 1.51. The van der Waals surface area contributed by atoms with Crippen LogP contribution in [0.5, 0.6) is 0 Å². The molecule has 3 N–H and O–H groups in total. The fourth-order valence-electron chi connectivity index (χ4n) is 1.81. The number of sulfonamides is 1. The van der Waals surface area contributed by atoms with E-state index in [4.69, 9.17) is 10.2 Å². The van der Waals surface area contributed by atoms with Crippen LogP contribution in [-0.2, 0) is 16.6 Å².